The van der Waals surface area contributed by atoms with Gasteiger partial charge in [-0.2, -0.15) is 0 Å². The van der Waals surface area contributed by atoms with Crippen molar-refractivity contribution in [3.63, 3.8) is 0 Å². The van der Waals surface area contributed by atoms with Gasteiger partial charge in [0.05, 0.1) is 11.8 Å². The molecule has 4 nitrogen and oxygen atoms in total. The third kappa shape index (κ3) is 4.73. The summed E-state index contributed by atoms with van der Waals surface area (Å²) in [7, 11) is 0. The van der Waals surface area contributed by atoms with Crippen molar-refractivity contribution in [2.75, 3.05) is 5.32 Å². The highest BCUT2D eigenvalue weighted by Crippen LogP contribution is 2.39. The first-order valence-corrected chi connectivity index (χ1v) is 11.5. The van der Waals surface area contributed by atoms with Crippen LogP contribution >= 0.6 is 11.3 Å². The van der Waals surface area contributed by atoms with E-state index < -0.39 is 0 Å². The van der Waals surface area contributed by atoms with Crippen molar-refractivity contribution in [3.05, 3.63) is 69.0 Å². The second-order valence-electron chi connectivity index (χ2n) is 8.14. The van der Waals surface area contributed by atoms with Crippen LogP contribution in [0.4, 0.5) is 10.7 Å². The Labute approximate surface area is 182 Å². The molecule has 2 aromatic heterocycles. The molecule has 156 valence electrons. The molecule has 1 aliphatic carbocycles. The van der Waals surface area contributed by atoms with Crippen LogP contribution in [-0.4, -0.2) is 12.1 Å². The standard InChI is InChI=1S/C25H28N2O2S/c1-16-12-17(2)14-19(13-16)27-24(28)23-21-8-6-4-5-7-9-22(21)30-25(23)26-15-20-11-10-18(3)29-20/h10-15H,4-9H2,1-3H3,(H,27,28). The Morgan fingerprint density at radius 1 is 1.03 bits per heavy atom. The molecule has 1 N–H and O–H groups in total. The highest BCUT2D eigenvalue weighted by atomic mass is 32.1. The number of benzene rings is 1. The fraction of sp³-hybridized carbons (Fsp3) is 0.360. The smallest absolute Gasteiger partial charge is 0.259 e. The summed E-state index contributed by atoms with van der Waals surface area (Å²) in [5.41, 5.74) is 5.02. The van der Waals surface area contributed by atoms with Crippen molar-refractivity contribution in [2.24, 2.45) is 4.99 Å². The Morgan fingerprint density at radius 3 is 2.47 bits per heavy atom. The molecular weight excluding hydrogens is 392 g/mol. The lowest BCUT2D eigenvalue weighted by Crippen LogP contribution is -2.14. The summed E-state index contributed by atoms with van der Waals surface area (Å²) >= 11 is 1.66. The minimum atomic E-state index is -0.0687. The molecule has 0 radical (unpaired) electrons. The molecule has 3 aromatic rings. The molecule has 0 saturated heterocycles. The van der Waals surface area contributed by atoms with E-state index in [2.05, 4.69) is 11.4 Å². The van der Waals surface area contributed by atoms with Crippen molar-refractivity contribution in [3.8, 4) is 0 Å². The van der Waals surface area contributed by atoms with Crippen LogP contribution in [0.5, 0.6) is 0 Å². The molecular formula is C25H28N2O2S. The van der Waals surface area contributed by atoms with Gasteiger partial charge in [0, 0.05) is 10.6 Å². The Balaban J connectivity index is 1.71. The number of anilines is 1. The van der Waals surface area contributed by atoms with E-state index in [1.54, 1.807) is 17.6 Å². The molecule has 1 aromatic carbocycles. The molecule has 1 aliphatic rings. The summed E-state index contributed by atoms with van der Waals surface area (Å²) in [5, 5.41) is 3.90. The summed E-state index contributed by atoms with van der Waals surface area (Å²) in [6.07, 6.45) is 8.46. The Morgan fingerprint density at radius 2 is 1.77 bits per heavy atom. The average Bonchev–Trinajstić information content (AvgIpc) is 3.22. The van der Waals surface area contributed by atoms with E-state index in [1.165, 1.54) is 29.7 Å². The van der Waals surface area contributed by atoms with Gasteiger partial charge in [0.15, 0.2) is 0 Å². The third-order valence-electron chi connectivity index (χ3n) is 5.43. The van der Waals surface area contributed by atoms with Crippen molar-refractivity contribution in [2.45, 2.75) is 59.3 Å². The second-order valence-corrected chi connectivity index (χ2v) is 9.22. The molecule has 2 heterocycles. The fourth-order valence-corrected chi connectivity index (χ4v) is 5.35. The van der Waals surface area contributed by atoms with Gasteiger partial charge in [0.2, 0.25) is 0 Å². The van der Waals surface area contributed by atoms with Crippen LogP contribution < -0.4 is 5.32 Å². The minimum Gasteiger partial charge on any atom is -0.460 e. The number of amides is 1. The third-order valence-corrected chi connectivity index (χ3v) is 6.63. The molecule has 30 heavy (non-hydrogen) atoms. The lowest BCUT2D eigenvalue weighted by atomic mass is 9.96. The van der Waals surface area contributed by atoms with Gasteiger partial charge in [-0.3, -0.25) is 4.79 Å². The fourth-order valence-electron chi connectivity index (χ4n) is 4.12. The number of furan rings is 1. The van der Waals surface area contributed by atoms with E-state index in [9.17, 15) is 4.79 Å². The quantitative estimate of drug-likeness (QED) is 0.465. The van der Waals surface area contributed by atoms with Crippen molar-refractivity contribution < 1.29 is 9.21 Å². The van der Waals surface area contributed by atoms with Gasteiger partial charge in [0.25, 0.3) is 5.91 Å². The first-order valence-electron chi connectivity index (χ1n) is 10.6. The molecule has 0 bridgehead atoms. The van der Waals surface area contributed by atoms with Crippen molar-refractivity contribution >= 4 is 34.1 Å². The number of aliphatic imine (C=N–C) groups is 1. The number of carbonyl (C=O) groups excluding carboxylic acids is 1. The Kier molecular flexibility index (Phi) is 6.18. The lowest BCUT2D eigenvalue weighted by Gasteiger charge is -2.12. The van der Waals surface area contributed by atoms with Gasteiger partial charge in [-0.1, -0.05) is 18.9 Å². The average molecular weight is 421 g/mol. The van der Waals surface area contributed by atoms with E-state index in [-0.39, 0.29) is 5.91 Å². The van der Waals surface area contributed by atoms with Gasteiger partial charge in [-0.15, -0.1) is 11.3 Å². The van der Waals surface area contributed by atoms with Crippen LogP contribution in [0.25, 0.3) is 0 Å². The molecule has 0 unspecified atom stereocenters. The van der Waals surface area contributed by atoms with Crippen LogP contribution in [-0.2, 0) is 12.8 Å². The summed E-state index contributed by atoms with van der Waals surface area (Å²) in [5.74, 6) is 1.48. The van der Waals surface area contributed by atoms with Gasteiger partial charge in [0.1, 0.15) is 16.5 Å². The van der Waals surface area contributed by atoms with Crippen molar-refractivity contribution in [1.29, 1.82) is 0 Å². The van der Waals surface area contributed by atoms with Crippen LogP contribution in [0.3, 0.4) is 0 Å². The summed E-state index contributed by atoms with van der Waals surface area (Å²) in [4.78, 5) is 19.4. The number of thiophene rings is 1. The first-order chi connectivity index (χ1) is 14.5. The molecule has 0 saturated carbocycles. The normalized spacial score (nSPS) is 14.4. The highest BCUT2D eigenvalue weighted by molar-refractivity contribution is 7.16. The zero-order valence-corrected chi connectivity index (χ0v) is 18.7. The molecule has 0 fully saturated rings. The SMILES string of the molecule is Cc1cc(C)cc(NC(=O)c2c(N=Cc3ccc(C)o3)sc3c2CCCCCC3)c1. The van der Waals surface area contributed by atoms with E-state index in [0.29, 0.717) is 5.76 Å². The second kappa shape index (κ2) is 9.00. The summed E-state index contributed by atoms with van der Waals surface area (Å²) in [6.45, 7) is 6.00. The summed E-state index contributed by atoms with van der Waals surface area (Å²) in [6, 6.07) is 9.95. The van der Waals surface area contributed by atoms with Crippen LogP contribution in [0.2, 0.25) is 0 Å². The van der Waals surface area contributed by atoms with Crippen LogP contribution in [0.15, 0.2) is 39.7 Å². The molecule has 1 amide bonds. The molecule has 4 rings (SSSR count). The number of aryl methyl sites for hydroxylation is 4. The van der Waals surface area contributed by atoms with Crippen LogP contribution in [0, 0.1) is 20.8 Å². The molecule has 0 atom stereocenters. The Hall–Kier alpha value is -2.66. The highest BCUT2D eigenvalue weighted by Gasteiger charge is 2.24. The zero-order valence-electron chi connectivity index (χ0n) is 17.9. The number of nitrogens with one attached hydrogen (secondary N) is 1. The van der Waals surface area contributed by atoms with Crippen LogP contribution in [0.1, 0.15) is 69.1 Å². The predicted octanol–water partition coefficient (Wildman–Crippen LogP) is 6.93. The van der Waals surface area contributed by atoms with E-state index in [1.807, 2.05) is 45.0 Å². The maximum atomic E-state index is 13.4. The number of hydrogen-bond acceptors (Lipinski definition) is 4. The maximum Gasteiger partial charge on any atom is 0.259 e. The Bertz CT molecular complexity index is 1070. The minimum absolute atomic E-state index is 0.0687. The van der Waals surface area contributed by atoms with Gasteiger partial charge in [-0.05, 0) is 87.4 Å². The van der Waals surface area contributed by atoms with Crippen molar-refractivity contribution in [1.82, 2.24) is 0 Å². The molecule has 0 spiro atoms. The van der Waals surface area contributed by atoms with E-state index >= 15 is 0 Å². The zero-order chi connectivity index (χ0) is 21.1. The maximum absolute atomic E-state index is 13.4. The number of rotatable bonds is 4. The van der Waals surface area contributed by atoms with E-state index in [4.69, 9.17) is 9.41 Å². The lowest BCUT2D eigenvalue weighted by molar-refractivity contribution is 0.102. The number of nitrogens with zero attached hydrogens (tertiary/aromatic N) is 1. The number of carbonyl (C=O) groups is 1. The monoisotopic (exact) mass is 420 g/mol. The molecule has 5 heteroatoms. The largest absolute Gasteiger partial charge is 0.460 e. The summed E-state index contributed by atoms with van der Waals surface area (Å²) < 4.78 is 5.62. The van der Waals surface area contributed by atoms with Gasteiger partial charge in [-0.25, -0.2) is 4.99 Å². The van der Waals surface area contributed by atoms with Gasteiger partial charge < -0.3 is 9.73 Å². The first kappa shape index (κ1) is 20.6. The van der Waals surface area contributed by atoms with E-state index in [0.717, 1.165) is 52.4 Å². The molecule has 0 aliphatic heterocycles. The topological polar surface area (TPSA) is 54.6 Å². The number of fused-ring (bicyclic) bond motifs is 1. The number of hydrogen-bond donors (Lipinski definition) is 1. The predicted molar refractivity (Wildman–Crippen MR) is 125 cm³/mol. The van der Waals surface area contributed by atoms with Gasteiger partial charge >= 0.3 is 0 Å².